The van der Waals surface area contributed by atoms with Crippen LogP contribution in [0.15, 0.2) is 30.5 Å². The topological polar surface area (TPSA) is 238 Å². The Bertz CT molecular complexity index is 1730. The molecule has 0 fully saturated rings. The summed E-state index contributed by atoms with van der Waals surface area (Å²) in [5.74, 6) is -1.88. The fourth-order valence-electron chi connectivity index (χ4n) is 5.22. The lowest BCUT2D eigenvalue weighted by Gasteiger charge is -2.25. The van der Waals surface area contributed by atoms with Gasteiger partial charge in [0.15, 0.2) is 17.0 Å². The molecule has 3 aromatic rings. The fourth-order valence-corrected chi connectivity index (χ4v) is 5.22. The van der Waals surface area contributed by atoms with Gasteiger partial charge in [-0.25, -0.2) is 14.8 Å². The van der Waals surface area contributed by atoms with E-state index >= 15 is 0 Å². The second-order valence-electron chi connectivity index (χ2n) is 13.4. The maximum absolute atomic E-state index is 13.3. The van der Waals surface area contributed by atoms with Crippen LogP contribution in [-0.2, 0) is 35.2 Å². The molecule has 17 nitrogen and oxygen atoms in total. The summed E-state index contributed by atoms with van der Waals surface area (Å²) in [6, 6.07) is 5.69. The number of fused-ring (bicyclic) bond motifs is 1. The molecule has 0 aliphatic heterocycles. The summed E-state index contributed by atoms with van der Waals surface area (Å²) in [6.45, 7) is 10.7. The third kappa shape index (κ3) is 13.8. The molecule has 0 unspecified atom stereocenters. The molecular weight excluding hydrogens is 684 g/mol. The molecule has 2 heterocycles. The minimum Gasteiger partial charge on any atom is -0.466 e. The number of carbonyl (C=O) groups is 5. The van der Waals surface area contributed by atoms with Crippen molar-refractivity contribution in [3.63, 3.8) is 0 Å². The van der Waals surface area contributed by atoms with Crippen molar-refractivity contribution in [1.29, 1.82) is 0 Å². The van der Waals surface area contributed by atoms with Crippen LogP contribution in [0.2, 0.25) is 0 Å². The van der Waals surface area contributed by atoms with Gasteiger partial charge in [0.2, 0.25) is 17.8 Å². The van der Waals surface area contributed by atoms with E-state index in [1.54, 1.807) is 63.1 Å². The van der Waals surface area contributed by atoms with Crippen molar-refractivity contribution in [3.8, 4) is 0 Å². The molecule has 1 aromatic carbocycles. The maximum atomic E-state index is 13.3. The molecule has 0 aliphatic carbocycles. The molecule has 288 valence electrons. The fraction of sp³-hybridized carbons (Fsp3) is 0.528. The van der Waals surface area contributed by atoms with Gasteiger partial charge in [-0.3, -0.25) is 19.2 Å². The number of nitrogens with two attached hydrogens (primary N) is 2. The number of nitrogens with zero attached hydrogens (tertiary/aromatic N) is 6. The van der Waals surface area contributed by atoms with Crippen LogP contribution < -0.4 is 27.0 Å². The van der Waals surface area contributed by atoms with Gasteiger partial charge in [-0.15, -0.1) is 0 Å². The second-order valence-corrected chi connectivity index (χ2v) is 13.4. The van der Waals surface area contributed by atoms with Crippen LogP contribution >= 0.6 is 0 Å². The Morgan fingerprint density at radius 3 is 2.32 bits per heavy atom. The zero-order valence-electron chi connectivity index (χ0n) is 31.4. The molecule has 3 rings (SSSR count). The van der Waals surface area contributed by atoms with Crippen LogP contribution in [0.1, 0.15) is 89.2 Å². The van der Waals surface area contributed by atoms with Crippen molar-refractivity contribution in [2.75, 3.05) is 49.7 Å². The highest BCUT2D eigenvalue weighted by molar-refractivity contribution is 5.97. The molecule has 0 radical (unpaired) electrons. The number of hydrogen-bond acceptors (Lipinski definition) is 14. The first-order valence-electron chi connectivity index (χ1n) is 17.7. The molecule has 0 saturated heterocycles. The Balaban J connectivity index is 1.55. The largest absolute Gasteiger partial charge is 0.466 e. The molecule has 17 heteroatoms. The number of nitrogen functional groups attached to an aromatic ring is 2. The molecule has 0 bridgehead atoms. The monoisotopic (exact) mass is 736 g/mol. The number of benzene rings is 1. The van der Waals surface area contributed by atoms with Crippen molar-refractivity contribution < 1.29 is 33.4 Å². The van der Waals surface area contributed by atoms with Crippen LogP contribution in [-0.4, -0.2) is 99.4 Å². The lowest BCUT2D eigenvalue weighted by molar-refractivity contribution is -0.157. The third-order valence-electron chi connectivity index (χ3n) is 7.75. The highest BCUT2D eigenvalue weighted by Crippen LogP contribution is 2.19. The Labute approximate surface area is 309 Å². The molecule has 53 heavy (non-hydrogen) atoms. The van der Waals surface area contributed by atoms with E-state index in [1.165, 1.54) is 0 Å². The van der Waals surface area contributed by atoms with Gasteiger partial charge < -0.3 is 41.4 Å². The van der Waals surface area contributed by atoms with Gasteiger partial charge in [-0.05, 0) is 71.2 Å². The van der Waals surface area contributed by atoms with Crippen molar-refractivity contribution >= 4 is 58.3 Å². The zero-order chi connectivity index (χ0) is 39.1. The Morgan fingerprint density at radius 1 is 0.943 bits per heavy atom. The Hall–Kier alpha value is -5.61. The van der Waals surface area contributed by atoms with E-state index in [0.717, 1.165) is 12.1 Å². The summed E-state index contributed by atoms with van der Waals surface area (Å²) in [6.07, 6.45) is 2.88. The smallest absolute Gasteiger partial charge is 0.329 e. The average molecular weight is 737 g/mol. The van der Waals surface area contributed by atoms with E-state index in [4.69, 9.17) is 20.9 Å². The highest BCUT2D eigenvalue weighted by Gasteiger charge is 2.28. The van der Waals surface area contributed by atoms with Gasteiger partial charge >= 0.3 is 11.9 Å². The van der Waals surface area contributed by atoms with E-state index in [2.05, 4.69) is 30.6 Å². The molecule has 0 saturated carbocycles. The van der Waals surface area contributed by atoms with Crippen molar-refractivity contribution in [1.82, 2.24) is 35.5 Å². The predicted molar refractivity (Wildman–Crippen MR) is 199 cm³/mol. The molecule has 0 aliphatic rings. The minimum atomic E-state index is -1.08. The Kier molecular flexibility index (Phi) is 15.7. The summed E-state index contributed by atoms with van der Waals surface area (Å²) in [5, 5.41) is 5.54. The van der Waals surface area contributed by atoms with Gasteiger partial charge in [0, 0.05) is 50.8 Å². The maximum Gasteiger partial charge on any atom is 0.329 e. The van der Waals surface area contributed by atoms with Crippen LogP contribution in [0.3, 0.4) is 0 Å². The highest BCUT2D eigenvalue weighted by atomic mass is 16.6. The first kappa shape index (κ1) is 41.8. The quantitative estimate of drug-likeness (QED) is 0.102. The van der Waals surface area contributed by atoms with E-state index in [-0.39, 0.29) is 55.9 Å². The number of amides is 3. The SMILES string of the molecule is CCCN(CCCNC(=O)CC[C@@H](NC(=O)c1ccc(N(C)Cc2cnc3nc(N)nc(N)c3n2)cc1)C(=O)OC(C)(C)C)C(=O)CCC(=O)OCC. The van der Waals surface area contributed by atoms with Gasteiger partial charge in [0.05, 0.1) is 31.5 Å². The van der Waals surface area contributed by atoms with Crippen LogP contribution in [0.5, 0.6) is 0 Å². The molecule has 0 spiro atoms. The predicted octanol–water partition coefficient (Wildman–Crippen LogP) is 2.53. The van der Waals surface area contributed by atoms with Crippen molar-refractivity contribution in [3.05, 3.63) is 41.7 Å². The first-order valence-corrected chi connectivity index (χ1v) is 17.7. The summed E-state index contributed by atoms with van der Waals surface area (Å²) >= 11 is 0. The van der Waals surface area contributed by atoms with Gasteiger partial charge in [-0.1, -0.05) is 6.92 Å². The van der Waals surface area contributed by atoms with Gasteiger partial charge in [0.25, 0.3) is 5.91 Å². The van der Waals surface area contributed by atoms with E-state index in [1.807, 2.05) is 18.9 Å². The van der Waals surface area contributed by atoms with E-state index in [0.29, 0.717) is 55.0 Å². The number of ether oxygens (including phenoxy) is 2. The van der Waals surface area contributed by atoms with Crippen LogP contribution in [0, 0.1) is 0 Å². The summed E-state index contributed by atoms with van der Waals surface area (Å²) in [5.41, 5.74) is 13.1. The summed E-state index contributed by atoms with van der Waals surface area (Å²) < 4.78 is 10.4. The van der Waals surface area contributed by atoms with Gasteiger partial charge in [0.1, 0.15) is 11.6 Å². The lowest BCUT2D eigenvalue weighted by atomic mass is 10.1. The van der Waals surface area contributed by atoms with E-state index < -0.39 is 29.5 Å². The lowest BCUT2D eigenvalue weighted by Crippen LogP contribution is -2.45. The van der Waals surface area contributed by atoms with Crippen molar-refractivity contribution in [2.45, 2.75) is 91.3 Å². The number of anilines is 3. The minimum absolute atomic E-state index is 0.0105. The molecule has 2 aromatic heterocycles. The first-order chi connectivity index (χ1) is 25.1. The molecule has 1 atom stereocenters. The van der Waals surface area contributed by atoms with Gasteiger partial charge in [-0.2, -0.15) is 9.97 Å². The second kappa shape index (κ2) is 19.8. The number of hydrogen-bond donors (Lipinski definition) is 4. The molecule has 3 amide bonds. The normalized spacial score (nSPS) is 11.7. The zero-order valence-corrected chi connectivity index (χ0v) is 31.4. The molecular formula is C36H52N10O7. The Morgan fingerprint density at radius 2 is 1.66 bits per heavy atom. The average Bonchev–Trinajstić information content (AvgIpc) is 3.09. The summed E-state index contributed by atoms with van der Waals surface area (Å²) in [7, 11) is 1.85. The van der Waals surface area contributed by atoms with E-state index in [9.17, 15) is 24.0 Å². The van der Waals surface area contributed by atoms with Crippen LogP contribution in [0.25, 0.3) is 11.2 Å². The van der Waals surface area contributed by atoms with Crippen molar-refractivity contribution in [2.24, 2.45) is 0 Å². The number of carbonyl (C=O) groups excluding carboxylic acids is 5. The summed E-state index contributed by atoms with van der Waals surface area (Å²) in [4.78, 5) is 83.7. The molecule has 6 N–H and O–H groups in total. The number of rotatable bonds is 19. The number of nitrogens with one attached hydrogen (secondary N) is 2. The van der Waals surface area contributed by atoms with Crippen LogP contribution in [0.4, 0.5) is 17.5 Å². The number of aromatic nitrogens is 4. The number of esters is 2. The standard InChI is InChI=1S/C36H52N10O7/c1-7-19-46(28(48)16-17-29(49)52-8-2)20-9-18-39-27(47)15-14-26(34(51)53-36(3,4)5)42-33(50)23-10-12-25(13-11-23)45(6)22-24-21-40-32-30(41-24)31(37)43-35(38)44-32/h10-13,21,26H,7-9,14-20,22H2,1-6H3,(H,39,47)(H,42,50)(H4,37,38,40,43,44)/t26-/m1/s1. The third-order valence-corrected chi connectivity index (χ3v) is 7.75.